The van der Waals surface area contributed by atoms with Crippen LogP contribution in [0.1, 0.15) is 11.1 Å². The van der Waals surface area contributed by atoms with Gasteiger partial charge in [0, 0.05) is 11.1 Å². The fourth-order valence-corrected chi connectivity index (χ4v) is 3.54. The summed E-state index contributed by atoms with van der Waals surface area (Å²) in [7, 11) is 0. The summed E-state index contributed by atoms with van der Waals surface area (Å²) in [6.07, 6.45) is 1.63. The molecular formula is C22H23FN3+. The molecule has 1 aliphatic heterocycles. The molecule has 0 aromatic heterocycles. The Hall–Kier alpha value is -2.72. The molecule has 0 spiro atoms. The predicted octanol–water partition coefficient (Wildman–Crippen LogP) is 2.71. The topological polar surface area (TPSA) is 20.0 Å². The maximum atomic E-state index is 13.7. The first-order chi connectivity index (χ1) is 12.8. The lowest BCUT2D eigenvalue weighted by Crippen LogP contribution is -3.13. The van der Waals surface area contributed by atoms with Crippen molar-refractivity contribution in [3.05, 3.63) is 83.7 Å². The molecule has 0 amide bonds. The highest BCUT2D eigenvalue weighted by molar-refractivity contribution is 5.85. The summed E-state index contributed by atoms with van der Waals surface area (Å²) in [6, 6.07) is 21.9. The number of hydrogen-bond donors (Lipinski definition) is 1. The number of quaternary nitrogens is 1. The first-order valence-corrected chi connectivity index (χ1v) is 9.13. The maximum absolute atomic E-state index is 13.7. The third-order valence-corrected chi connectivity index (χ3v) is 5.03. The van der Waals surface area contributed by atoms with Gasteiger partial charge in [0.1, 0.15) is 12.4 Å². The third-order valence-electron chi connectivity index (χ3n) is 5.03. The first kappa shape index (κ1) is 16.7. The molecule has 0 radical (unpaired) electrons. The fourth-order valence-electron chi connectivity index (χ4n) is 3.54. The Balaban J connectivity index is 1.37. The molecule has 4 rings (SSSR count). The molecule has 1 N–H and O–H groups in total. The van der Waals surface area contributed by atoms with Crippen LogP contribution in [0, 0.1) is 5.82 Å². The first-order valence-electron chi connectivity index (χ1n) is 9.13. The summed E-state index contributed by atoms with van der Waals surface area (Å²) in [6.45, 7) is 4.90. The van der Waals surface area contributed by atoms with Crippen LogP contribution in [0.2, 0.25) is 0 Å². The summed E-state index contributed by atoms with van der Waals surface area (Å²) in [5.74, 6) is -0.225. The molecule has 1 aliphatic rings. The molecule has 3 nitrogen and oxygen atoms in total. The number of benzene rings is 3. The maximum Gasteiger partial charge on any atom is 0.132 e. The minimum atomic E-state index is -0.225. The van der Waals surface area contributed by atoms with Crippen LogP contribution in [0.5, 0.6) is 0 Å². The molecule has 0 aliphatic carbocycles. The van der Waals surface area contributed by atoms with E-state index < -0.39 is 0 Å². The van der Waals surface area contributed by atoms with Gasteiger partial charge in [0.25, 0.3) is 0 Å². The summed E-state index contributed by atoms with van der Waals surface area (Å²) >= 11 is 0. The number of fused-ring (bicyclic) bond motifs is 1. The number of nitrogens with one attached hydrogen (secondary N) is 1. The van der Waals surface area contributed by atoms with Crippen molar-refractivity contribution in [2.75, 3.05) is 26.2 Å². The van der Waals surface area contributed by atoms with E-state index in [0.29, 0.717) is 5.56 Å². The molecule has 0 saturated carbocycles. The summed E-state index contributed by atoms with van der Waals surface area (Å²) in [4.78, 5) is 1.57. The van der Waals surface area contributed by atoms with Gasteiger partial charge in [0.05, 0.1) is 32.4 Å². The van der Waals surface area contributed by atoms with Crippen LogP contribution in [0.3, 0.4) is 0 Å². The van der Waals surface area contributed by atoms with Crippen molar-refractivity contribution in [2.45, 2.75) is 6.54 Å². The van der Waals surface area contributed by atoms with E-state index in [9.17, 15) is 4.39 Å². The molecular weight excluding hydrogens is 325 g/mol. The van der Waals surface area contributed by atoms with E-state index in [2.05, 4.69) is 47.6 Å². The highest BCUT2D eigenvalue weighted by Crippen LogP contribution is 2.17. The Labute approximate surface area is 153 Å². The van der Waals surface area contributed by atoms with Crippen molar-refractivity contribution < 1.29 is 9.29 Å². The molecule has 26 heavy (non-hydrogen) atoms. The summed E-state index contributed by atoms with van der Waals surface area (Å²) in [5.41, 5.74) is 1.94. The van der Waals surface area contributed by atoms with Crippen LogP contribution in [-0.4, -0.2) is 37.4 Å². The lowest BCUT2D eigenvalue weighted by Gasteiger charge is -2.30. The lowest BCUT2D eigenvalue weighted by atomic mass is 10.0. The zero-order valence-electron chi connectivity index (χ0n) is 14.7. The summed E-state index contributed by atoms with van der Waals surface area (Å²) < 4.78 is 13.7. The van der Waals surface area contributed by atoms with Gasteiger partial charge in [-0.2, -0.15) is 5.10 Å². The van der Waals surface area contributed by atoms with Crippen molar-refractivity contribution in [3.63, 3.8) is 0 Å². The number of halogens is 1. The van der Waals surface area contributed by atoms with E-state index in [-0.39, 0.29) is 5.82 Å². The van der Waals surface area contributed by atoms with E-state index in [0.717, 1.165) is 32.7 Å². The SMILES string of the molecule is Fc1ccccc1/C=N\N1CC[NH+](Cc2cccc3ccccc23)CC1. The minimum absolute atomic E-state index is 0.225. The number of nitrogens with zero attached hydrogens (tertiary/aromatic N) is 2. The van der Waals surface area contributed by atoms with Gasteiger partial charge in [0.2, 0.25) is 0 Å². The average molecular weight is 348 g/mol. The van der Waals surface area contributed by atoms with Crippen molar-refractivity contribution in [2.24, 2.45) is 5.10 Å². The second-order valence-electron chi connectivity index (χ2n) is 6.78. The van der Waals surface area contributed by atoms with E-state index in [1.807, 2.05) is 11.1 Å². The third kappa shape index (κ3) is 3.75. The Morgan fingerprint density at radius 1 is 0.923 bits per heavy atom. The van der Waals surface area contributed by atoms with Crippen LogP contribution in [0.25, 0.3) is 10.8 Å². The van der Waals surface area contributed by atoms with E-state index in [4.69, 9.17) is 0 Å². The Bertz CT molecular complexity index is 909. The predicted molar refractivity (Wildman–Crippen MR) is 104 cm³/mol. The highest BCUT2D eigenvalue weighted by Gasteiger charge is 2.19. The molecule has 4 heteroatoms. The van der Waals surface area contributed by atoms with Gasteiger partial charge in [-0.3, -0.25) is 5.01 Å². The average Bonchev–Trinajstić information content (AvgIpc) is 2.69. The van der Waals surface area contributed by atoms with Crippen LogP contribution in [0.4, 0.5) is 4.39 Å². The van der Waals surface area contributed by atoms with E-state index in [1.54, 1.807) is 23.2 Å². The number of piperazine rings is 1. The van der Waals surface area contributed by atoms with Gasteiger partial charge in [-0.25, -0.2) is 4.39 Å². The molecule has 0 unspecified atom stereocenters. The van der Waals surface area contributed by atoms with Crippen molar-refractivity contribution in [1.29, 1.82) is 0 Å². The Morgan fingerprint density at radius 3 is 2.50 bits per heavy atom. The molecule has 132 valence electrons. The molecule has 3 aromatic rings. The minimum Gasteiger partial charge on any atom is -0.328 e. The smallest absolute Gasteiger partial charge is 0.132 e. The second kappa shape index (κ2) is 7.67. The number of hydrazone groups is 1. The molecule has 1 fully saturated rings. The highest BCUT2D eigenvalue weighted by atomic mass is 19.1. The summed E-state index contributed by atoms with van der Waals surface area (Å²) in [5, 5.41) is 9.15. The van der Waals surface area contributed by atoms with Gasteiger partial charge >= 0.3 is 0 Å². The van der Waals surface area contributed by atoms with Gasteiger partial charge in [-0.05, 0) is 16.8 Å². The van der Waals surface area contributed by atoms with Crippen molar-refractivity contribution in [1.82, 2.24) is 5.01 Å². The van der Waals surface area contributed by atoms with Crippen molar-refractivity contribution >= 4 is 17.0 Å². The standard InChI is InChI=1S/C22H22FN3/c23-22-11-4-2-7-19(22)16-24-26-14-12-25(13-15-26)17-20-9-5-8-18-6-1-3-10-21(18)20/h1-11,16H,12-15,17H2/p+1/b24-16-. The second-order valence-corrected chi connectivity index (χ2v) is 6.78. The van der Waals surface area contributed by atoms with E-state index in [1.165, 1.54) is 22.4 Å². The molecule has 0 bridgehead atoms. The monoisotopic (exact) mass is 348 g/mol. The fraction of sp³-hybridized carbons (Fsp3) is 0.227. The van der Waals surface area contributed by atoms with Gasteiger partial charge in [-0.15, -0.1) is 0 Å². The van der Waals surface area contributed by atoms with Crippen LogP contribution >= 0.6 is 0 Å². The zero-order valence-corrected chi connectivity index (χ0v) is 14.7. The van der Waals surface area contributed by atoms with Crippen LogP contribution in [0.15, 0.2) is 71.8 Å². The van der Waals surface area contributed by atoms with Crippen molar-refractivity contribution in [3.8, 4) is 0 Å². The molecule has 0 atom stereocenters. The quantitative estimate of drug-likeness (QED) is 0.719. The Morgan fingerprint density at radius 2 is 1.65 bits per heavy atom. The zero-order chi connectivity index (χ0) is 17.8. The van der Waals surface area contributed by atoms with Crippen LogP contribution in [-0.2, 0) is 6.54 Å². The molecule has 1 saturated heterocycles. The lowest BCUT2D eigenvalue weighted by molar-refractivity contribution is -0.918. The van der Waals surface area contributed by atoms with Crippen LogP contribution < -0.4 is 4.90 Å². The van der Waals surface area contributed by atoms with Gasteiger partial charge < -0.3 is 4.90 Å². The number of hydrogen-bond acceptors (Lipinski definition) is 2. The van der Waals surface area contributed by atoms with E-state index >= 15 is 0 Å². The molecule has 1 heterocycles. The van der Waals surface area contributed by atoms with Gasteiger partial charge in [0.15, 0.2) is 0 Å². The normalized spacial score (nSPS) is 15.8. The van der Waals surface area contributed by atoms with Gasteiger partial charge in [-0.1, -0.05) is 60.7 Å². The number of rotatable bonds is 4. The largest absolute Gasteiger partial charge is 0.328 e. The Kier molecular flexibility index (Phi) is 4.93. The molecule has 3 aromatic carbocycles.